The zero-order valence-corrected chi connectivity index (χ0v) is 23.7. The summed E-state index contributed by atoms with van der Waals surface area (Å²) in [7, 11) is 0. The second-order valence-electron chi connectivity index (χ2n) is 10.3. The van der Waals surface area contributed by atoms with Crippen LogP contribution in [0.5, 0.6) is 5.75 Å². The summed E-state index contributed by atoms with van der Waals surface area (Å²) in [5.41, 5.74) is 8.41. The average molecular weight is 575 g/mol. The fourth-order valence-electron chi connectivity index (χ4n) is 4.68. The molecule has 5 rings (SSSR count). The molecule has 0 unspecified atom stereocenters. The van der Waals surface area contributed by atoms with Crippen molar-refractivity contribution in [3.63, 3.8) is 0 Å². The minimum absolute atomic E-state index is 0.200. The zero-order chi connectivity index (χ0) is 28.8. The van der Waals surface area contributed by atoms with Crippen molar-refractivity contribution >= 4 is 41.0 Å². The van der Waals surface area contributed by atoms with Gasteiger partial charge in [-0.2, -0.15) is 10.1 Å². The topological polar surface area (TPSA) is 94.9 Å². The summed E-state index contributed by atoms with van der Waals surface area (Å²) in [6.07, 6.45) is 3.72. The van der Waals surface area contributed by atoms with E-state index >= 15 is 0 Å². The molecule has 212 valence electrons. The van der Waals surface area contributed by atoms with Gasteiger partial charge in [0.05, 0.1) is 25.6 Å². The van der Waals surface area contributed by atoms with Crippen LogP contribution in [-0.4, -0.2) is 47.6 Å². The lowest BCUT2D eigenvalue weighted by molar-refractivity contribution is 0.122. The summed E-state index contributed by atoms with van der Waals surface area (Å²) >= 11 is 6.44. The van der Waals surface area contributed by atoms with Crippen molar-refractivity contribution in [1.29, 1.82) is 0 Å². The smallest absolute Gasteiger partial charge is 0.245 e. The number of phenolic OH excluding ortho intramolecular Hbond substituents is 1. The Bertz CT molecular complexity index is 1540. The molecule has 1 fully saturated rings. The van der Waals surface area contributed by atoms with Crippen LogP contribution >= 0.6 is 11.6 Å². The summed E-state index contributed by atoms with van der Waals surface area (Å²) in [6, 6.07) is 18.9. The maximum Gasteiger partial charge on any atom is 0.245 e. The first-order valence-electron chi connectivity index (χ1n) is 13.5. The first-order chi connectivity index (χ1) is 19.8. The second kappa shape index (κ2) is 13.0. The molecule has 8 nitrogen and oxygen atoms in total. The molecule has 4 aromatic rings. The summed E-state index contributed by atoms with van der Waals surface area (Å²) in [4.78, 5) is 10.2. The molecular formula is C31H32ClFN6O2. The lowest BCUT2D eigenvalue weighted by Gasteiger charge is -2.27. The molecule has 3 aromatic carbocycles. The molecule has 1 saturated heterocycles. The third-order valence-corrected chi connectivity index (χ3v) is 6.76. The van der Waals surface area contributed by atoms with Gasteiger partial charge in [0.1, 0.15) is 5.75 Å². The predicted octanol–water partition coefficient (Wildman–Crippen LogP) is 6.87. The Hall–Kier alpha value is -4.21. The van der Waals surface area contributed by atoms with Crippen molar-refractivity contribution in [3.8, 4) is 16.9 Å². The van der Waals surface area contributed by atoms with E-state index in [-0.39, 0.29) is 17.5 Å². The molecule has 2 heterocycles. The molecule has 0 atom stereocenters. The van der Waals surface area contributed by atoms with Crippen LogP contribution in [0.25, 0.3) is 11.1 Å². The molecule has 0 saturated carbocycles. The fourth-order valence-corrected chi connectivity index (χ4v) is 4.91. The molecule has 41 heavy (non-hydrogen) atoms. The van der Waals surface area contributed by atoms with Gasteiger partial charge in [-0.3, -0.25) is 0 Å². The molecule has 0 radical (unpaired) electrons. The predicted molar refractivity (Wildman–Crippen MR) is 163 cm³/mol. The summed E-state index contributed by atoms with van der Waals surface area (Å²) < 4.78 is 19.7. The van der Waals surface area contributed by atoms with E-state index in [1.807, 2.05) is 41.3 Å². The van der Waals surface area contributed by atoms with Crippen molar-refractivity contribution in [1.82, 2.24) is 9.97 Å². The molecule has 0 spiro atoms. The number of hydrazone groups is 1. The van der Waals surface area contributed by atoms with Crippen LogP contribution < -0.4 is 15.6 Å². The highest BCUT2D eigenvalue weighted by molar-refractivity contribution is 6.31. The molecule has 3 N–H and O–H groups in total. The van der Waals surface area contributed by atoms with Gasteiger partial charge in [-0.15, -0.1) is 0 Å². The van der Waals surface area contributed by atoms with Crippen LogP contribution in [0.4, 0.5) is 27.5 Å². The van der Waals surface area contributed by atoms with Crippen molar-refractivity contribution in [2.45, 2.75) is 20.3 Å². The Morgan fingerprint density at radius 2 is 1.90 bits per heavy atom. The largest absolute Gasteiger partial charge is 0.508 e. The van der Waals surface area contributed by atoms with Gasteiger partial charge >= 0.3 is 0 Å². The van der Waals surface area contributed by atoms with E-state index in [2.05, 4.69) is 45.7 Å². The highest BCUT2D eigenvalue weighted by atomic mass is 35.5. The highest BCUT2D eigenvalue weighted by Gasteiger charge is 2.18. The van der Waals surface area contributed by atoms with Crippen molar-refractivity contribution < 1.29 is 14.2 Å². The number of halogens is 2. The quantitative estimate of drug-likeness (QED) is 0.148. The number of rotatable bonds is 9. The molecule has 10 heteroatoms. The first-order valence-corrected chi connectivity index (χ1v) is 13.9. The van der Waals surface area contributed by atoms with Gasteiger partial charge in [0.2, 0.25) is 5.95 Å². The highest BCUT2D eigenvalue weighted by Crippen LogP contribution is 2.31. The van der Waals surface area contributed by atoms with Crippen LogP contribution in [-0.2, 0) is 11.2 Å². The maximum absolute atomic E-state index is 14.4. The van der Waals surface area contributed by atoms with Crippen LogP contribution in [0.15, 0.2) is 72.0 Å². The van der Waals surface area contributed by atoms with E-state index in [9.17, 15) is 9.50 Å². The van der Waals surface area contributed by atoms with Gasteiger partial charge in [0, 0.05) is 29.5 Å². The first kappa shape index (κ1) is 28.3. The Morgan fingerprint density at radius 1 is 1.07 bits per heavy atom. The van der Waals surface area contributed by atoms with E-state index in [4.69, 9.17) is 16.3 Å². The standard InChI is InChI=1S/C31H32ClFN6O2/c1-20(2)12-23-14-26(36-27-15-24(13-25(32)17-27)21-4-3-5-28(40)16-21)7-6-22(23)18-35-38-31-34-19-29(33)30(37-31)39-8-10-41-11-9-39/h3-7,13-20,36,40H,8-12H2,1-2H3,(H,34,37,38)/b35-18+. The van der Waals surface area contributed by atoms with Crippen LogP contribution in [0.2, 0.25) is 5.02 Å². The minimum Gasteiger partial charge on any atom is -0.508 e. The number of aromatic hydroxyl groups is 1. The van der Waals surface area contributed by atoms with Gasteiger partial charge in [-0.05, 0) is 77.1 Å². The Morgan fingerprint density at radius 3 is 2.68 bits per heavy atom. The molecular weight excluding hydrogens is 543 g/mol. The van der Waals surface area contributed by atoms with Crippen LogP contribution in [0.1, 0.15) is 25.0 Å². The summed E-state index contributed by atoms with van der Waals surface area (Å²) in [5, 5.41) is 18.3. The van der Waals surface area contributed by atoms with Gasteiger partial charge < -0.3 is 20.1 Å². The second-order valence-corrected chi connectivity index (χ2v) is 10.7. The fraction of sp³-hybridized carbons (Fsp3) is 0.258. The van der Waals surface area contributed by atoms with E-state index in [0.717, 1.165) is 46.2 Å². The lowest BCUT2D eigenvalue weighted by Crippen LogP contribution is -2.37. The number of aromatic nitrogens is 2. The van der Waals surface area contributed by atoms with Gasteiger partial charge in [-0.25, -0.2) is 14.8 Å². The van der Waals surface area contributed by atoms with E-state index in [1.165, 1.54) is 0 Å². The number of ether oxygens (including phenoxy) is 1. The number of hydrogen-bond acceptors (Lipinski definition) is 8. The van der Waals surface area contributed by atoms with Crippen LogP contribution in [0, 0.1) is 11.7 Å². The van der Waals surface area contributed by atoms with Crippen molar-refractivity contribution in [2.75, 3.05) is 41.9 Å². The number of hydrogen-bond donors (Lipinski definition) is 3. The van der Waals surface area contributed by atoms with Gasteiger partial charge in [-0.1, -0.05) is 43.6 Å². The van der Waals surface area contributed by atoms with E-state index < -0.39 is 5.82 Å². The monoisotopic (exact) mass is 574 g/mol. The Kier molecular flexibility index (Phi) is 8.96. The van der Waals surface area contributed by atoms with E-state index in [1.54, 1.807) is 24.4 Å². The minimum atomic E-state index is -0.475. The average Bonchev–Trinajstić information content (AvgIpc) is 2.95. The Balaban J connectivity index is 1.34. The SMILES string of the molecule is CC(C)Cc1cc(Nc2cc(Cl)cc(-c3cccc(O)c3)c2)ccc1/C=N/Nc1ncc(F)c(N2CCOCC2)n1. The summed E-state index contributed by atoms with van der Waals surface area (Å²) in [6.45, 7) is 6.53. The molecule has 0 bridgehead atoms. The van der Waals surface area contributed by atoms with Crippen LogP contribution in [0.3, 0.4) is 0 Å². The van der Waals surface area contributed by atoms with E-state index in [0.29, 0.717) is 37.2 Å². The summed E-state index contributed by atoms with van der Waals surface area (Å²) in [5.74, 6) is 0.606. The normalized spacial score (nSPS) is 13.6. The Labute approximate surface area is 243 Å². The number of anilines is 4. The van der Waals surface area contributed by atoms with Gasteiger partial charge in [0.15, 0.2) is 11.6 Å². The number of benzene rings is 3. The van der Waals surface area contributed by atoms with Crippen molar-refractivity contribution in [2.24, 2.45) is 11.0 Å². The molecule has 0 aliphatic carbocycles. The number of morpholine rings is 1. The number of nitrogens with one attached hydrogen (secondary N) is 2. The maximum atomic E-state index is 14.4. The zero-order valence-electron chi connectivity index (χ0n) is 22.9. The molecule has 1 aromatic heterocycles. The number of phenols is 1. The van der Waals surface area contributed by atoms with Gasteiger partial charge in [0.25, 0.3) is 0 Å². The number of nitrogens with zero attached hydrogens (tertiary/aromatic N) is 4. The molecule has 1 aliphatic rings. The lowest BCUT2D eigenvalue weighted by atomic mass is 9.97. The molecule has 1 aliphatic heterocycles. The third-order valence-electron chi connectivity index (χ3n) is 6.54. The van der Waals surface area contributed by atoms with Crippen molar-refractivity contribution in [3.05, 3.63) is 88.8 Å². The molecule has 0 amide bonds. The third kappa shape index (κ3) is 7.50.